The first-order valence-electron chi connectivity index (χ1n) is 9.19. The minimum Gasteiger partial charge on any atom is -0.322 e. The van der Waals surface area contributed by atoms with E-state index >= 15 is 0 Å². The van der Waals surface area contributed by atoms with Crippen molar-refractivity contribution in [3.05, 3.63) is 53.6 Å². The Hall–Kier alpha value is -2.71. The van der Waals surface area contributed by atoms with E-state index in [4.69, 9.17) is 0 Å². The first kappa shape index (κ1) is 19.6. The molecule has 8 heteroatoms. The monoisotopic (exact) mass is 423 g/mol. The van der Waals surface area contributed by atoms with Crippen LogP contribution in [0.15, 0.2) is 41.4 Å². The molecule has 6 nitrogen and oxygen atoms in total. The second-order valence-corrected chi connectivity index (χ2v) is 8.77. The topological polar surface area (TPSA) is 72.7 Å². The molecule has 4 aromatic rings. The summed E-state index contributed by atoms with van der Waals surface area (Å²) in [6.45, 7) is 5.72. The Kier molecular flexibility index (Phi) is 5.38. The Labute approximate surface area is 177 Å². The Morgan fingerprint density at radius 1 is 1.17 bits per heavy atom. The summed E-state index contributed by atoms with van der Waals surface area (Å²) in [7, 11) is 1.87. The lowest BCUT2D eigenvalue weighted by molar-refractivity contribution is -0.113. The highest BCUT2D eigenvalue weighted by molar-refractivity contribution is 8.00. The molecule has 0 spiro atoms. The van der Waals surface area contributed by atoms with Gasteiger partial charge in [0.15, 0.2) is 0 Å². The van der Waals surface area contributed by atoms with Gasteiger partial charge >= 0.3 is 0 Å². The molecule has 0 fully saturated rings. The van der Waals surface area contributed by atoms with Gasteiger partial charge in [0.05, 0.1) is 22.8 Å². The van der Waals surface area contributed by atoms with Crippen molar-refractivity contribution in [1.29, 1.82) is 0 Å². The summed E-state index contributed by atoms with van der Waals surface area (Å²) >= 11 is 3.08. The van der Waals surface area contributed by atoms with E-state index in [0.717, 1.165) is 42.8 Å². The number of aromatic nitrogens is 4. The number of fused-ring (bicyclic) bond motifs is 1. The molecule has 0 saturated carbocycles. The predicted molar refractivity (Wildman–Crippen MR) is 120 cm³/mol. The molecule has 0 bridgehead atoms. The number of thiophene rings is 1. The fourth-order valence-electron chi connectivity index (χ4n) is 3.12. The van der Waals surface area contributed by atoms with Crippen molar-refractivity contribution < 1.29 is 4.79 Å². The summed E-state index contributed by atoms with van der Waals surface area (Å²) in [6, 6.07) is 12.3. The van der Waals surface area contributed by atoms with Crippen LogP contribution in [0.4, 0.5) is 5.69 Å². The van der Waals surface area contributed by atoms with E-state index < -0.39 is 0 Å². The predicted octanol–water partition coefficient (Wildman–Crippen LogP) is 4.75. The number of aryl methyl sites for hydroxylation is 3. The second kappa shape index (κ2) is 7.96. The maximum Gasteiger partial charge on any atom is 0.234 e. The van der Waals surface area contributed by atoms with Crippen molar-refractivity contribution in [2.45, 2.75) is 25.8 Å². The van der Waals surface area contributed by atoms with Gasteiger partial charge in [0, 0.05) is 17.3 Å². The average Bonchev–Trinajstić information content (AvgIpc) is 3.23. The molecule has 0 atom stereocenters. The number of nitrogens with zero attached hydrogens (tertiary/aromatic N) is 4. The Morgan fingerprint density at radius 2 is 1.93 bits per heavy atom. The molecule has 0 saturated heterocycles. The second-order valence-electron chi connectivity index (χ2n) is 6.78. The molecule has 1 amide bonds. The van der Waals surface area contributed by atoms with Crippen molar-refractivity contribution in [2.75, 3.05) is 11.1 Å². The number of thioether (sulfide) groups is 1. The zero-order chi connectivity index (χ0) is 20.5. The maximum absolute atomic E-state index is 12.5. The quantitative estimate of drug-likeness (QED) is 0.370. The van der Waals surface area contributed by atoms with Gasteiger partial charge in [0.25, 0.3) is 0 Å². The van der Waals surface area contributed by atoms with Gasteiger partial charge in [-0.05, 0) is 32.4 Å². The highest BCUT2D eigenvalue weighted by atomic mass is 32.2. The van der Waals surface area contributed by atoms with E-state index in [2.05, 4.69) is 38.6 Å². The van der Waals surface area contributed by atoms with Gasteiger partial charge in [-0.3, -0.25) is 9.48 Å². The van der Waals surface area contributed by atoms with Crippen LogP contribution in [0.5, 0.6) is 0 Å². The number of hydrogen-bond acceptors (Lipinski definition) is 6. The van der Waals surface area contributed by atoms with Gasteiger partial charge in [-0.1, -0.05) is 42.1 Å². The fourth-order valence-corrected chi connectivity index (χ4v) is 5.11. The molecule has 0 unspecified atom stereocenters. The van der Waals surface area contributed by atoms with Crippen molar-refractivity contribution in [1.82, 2.24) is 19.7 Å². The van der Waals surface area contributed by atoms with Gasteiger partial charge in [-0.15, -0.1) is 11.3 Å². The number of benzene rings is 1. The number of rotatable bonds is 5. The molecule has 3 aromatic heterocycles. The molecule has 4 rings (SSSR count). The summed E-state index contributed by atoms with van der Waals surface area (Å²) in [5.41, 5.74) is 3.69. The molecule has 0 radical (unpaired) electrons. The van der Waals surface area contributed by atoms with Gasteiger partial charge in [-0.2, -0.15) is 5.10 Å². The normalized spacial score (nSPS) is 11.2. The molecule has 1 N–H and O–H groups in total. The standard InChI is InChI=1S/C21H21N5OS2/c1-12-19(13(2)26(4)25-12)24-18(27)11-28-20-16-10-17(15-8-6-5-7-9-15)29-21(16)23-14(3)22-20/h5-10H,11H2,1-4H3,(H,24,27). The summed E-state index contributed by atoms with van der Waals surface area (Å²) in [6.07, 6.45) is 0. The van der Waals surface area contributed by atoms with Crippen LogP contribution >= 0.6 is 23.1 Å². The van der Waals surface area contributed by atoms with Crippen LogP contribution in [-0.4, -0.2) is 31.4 Å². The van der Waals surface area contributed by atoms with Crippen LogP contribution in [0.2, 0.25) is 0 Å². The van der Waals surface area contributed by atoms with Crippen molar-refractivity contribution in [3.63, 3.8) is 0 Å². The van der Waals surface area contributed by atoms with Gasteiger partial charge < -0.3 is 5.32 Å². The van der Waals surface area contributed by atoms with E-state index in [9.17, 15) is 4.79 Å². The van der Waals surface area contributed by atoms with Crippen LogP contribution in [-0.2, 0) is 11.8 Å². The number of anilines is 1. The lowest BCUT2D eigenvalue weighted by Crippen LogP contribution is -2.15. The van der Waals surface area contributed by atoms with Crippen LogP contribution < -0.4 is 5.32 Å². The first-order valence-corrected chi connectivity index (χ1v) is 11.0. The Balaban J connectivity index is 1.56. The zero-order valence-electron chi connectivity index (χ0n) is 16.7. The molecule has 29 heavy (non-hydrogen) atoms. The van der Waals surface area contributed by atoms with Crippen LogP contribution in [0.25, 0.3) is 20.7 Å². The van der Waals surface area contributed by atoms with Crippen molar-refractivity contribution >= 4 is 44.9 Å². The van der Waals surface area contributed by atoms with E-state index in [1.165, 1.54) is 11.8 Å². The van der Waals surface area contributed by atoms with Crippen molar-refractivity contribution in [3.8, 4) is 10.4 Å². The van der Waals surface area contributed by atoms with Crippen LogP contribution in [0.1, 0.15) is 17.2 Å². The molecule has 0 aliphatic carbocycles. The molecule has 148 valence electrons. The summed E-state index contributed by atoms with van der Waals surface area (Å²) in [4.78, 5) is 23.8. The summed E-state index contributed by atoms with van der Waals surface area (Å²) in [5.74, 6) is 0.911. The number of carbonyl (C=O) groups is 1. The lowest BCUT2D eigenvalue weighted by atomic mass is 10.2. The number of carbonyl (C=O) groups excluding carboxylic acids is 1. The Bertz CT molecular complexity index is 1200. The zero-order valence-corrected chi connectivity index (χ0v) is 18.3. The fraction of sp³-hybridized carbons (Fsp3) is 0.238. The third-order valence-electron chi connectivity index (χ3n) is 4.64. The summed E-state index contributed by atoms with van der Waals surface area (Å²) < 4.78 is 1.77. The van der Waals surface area contributed by atoms with Gasteiger partial charge in [0.2, 0.25) is 5.91 Å². The van der Waals surface area contributed by atoms with E-state index in [-0.39, 0.29) is 11.7 Å². The summed E-state index contributed by atoms with van der Waals surface area (Å²) in [5, 5.41) is 9.15. The van der Waals surface area contributed by atoms with E-state index in [1.54, 1.807) is 16.0 Å². The average molecular weight is 424 g/mol. The minimum atomic E-state index is -0.0721. The van der Waals surface area contributed by atoms with Gasteiger partial charge in [-0.25, -0.2) is 9.97 Å². The largest absolute Gasteiger partial charge is 0.322 e. The molecule has 1 aromatic carbocycles. The van der Waals surface area contributed by atoms with Gasteiger partial charge in [0.1, 0.15) is 15.7 Å². The molecular weight excluding hydrogens is 402 g/mol. The highest BCUT2D eigenvalue weighted by Crippen LogP contribution is 2.36. The molecule has 0 aliphatic rings. The minimum absolute atomic E-state index is 0.0721. The van der Waals surface area contributed by atoms with Crippen molar-refractivity contribution in [2.24, 2.45) is 7.05 Å². The third kappa shape index (κ3) is 4.04. The number of amides is 1. The first-order chi connectivity index (χ1) is 13.9. The number of hydrogen-bond donors (Lipinski definition) is 1. The van der Waals surface area contributed by atoms with Crippen LogP contribution in [0, 0.1) is 20.8 Å². The maximum atomic E-state index is 12.5. The number of nitrogens with one attached hydrogen (secondary N) is 1. The Morgan fingerprint density at radius 3 is 2.62 bits per heavy atom. The third-order valence-corrected chi connectivity index (χ3v) is 6.71. The van der Waals surface area contributed by atoms with E-state index in [1.807, 2.05) is 46.0 Å². The molecule has 3 heterocycles. The molecule has 0 aliphatic heterocycles. The van der Waals surface area contributed by atoms with Crippen LogP contribution in [0.3, 0.4) is 0 Å². The lowest BCUT2D eigenvalue weighted by Gasteiger charge is -2.06. The molecular formula is C21H21N5OS2. The smallest absolute Gasteiger partial charge is 0.234 e. The highest BCUT2D eigenvalue weighted by Gasteiger charge is 2.16. The van der Waals surface area contributed by atoms with E-state index in [0.29, 0.717) is 5.82 Å². The SMILES string of the molecule is Cc1nc(SCC(=O)Nc2c(C)nn(C)c2C)c2cc(-c3ccccc3)sc2n1.